The molecule has 0 aliphatic heterocycles. The van der Waals surface area contributed by atoms with E-state index >= 15 is 0 Å². The molecule has 8 nitrogen and oxygen atoms in total. The van der Waals surface area contributed by atoms with Crippen molar-refractivity contribution < 1.29 is 27.4 Å². The van der Waals surface area contributed by atoms with E-state index in [1.54, 1.807) is 36.4 Å². The zero-order valence-corrected chi connectivity index (χ0v) is 19.0. The fourth-order valence-electron chi connectivity index (χ4n) is 2.85. The van der Waals surface area contributed by atoms with Crippen LogP contribution in [0.3, 0.4) is 0 Å². The van der Waals surface area contributed by atoms with E-state index in [2.05, 4.69) is 5.32 Å². The molecular formula is C22H30N2O6S. The van der Waals surface area contributed by atoms with Crippen molar-refractivity contribution in [1.29, 1.82) is 0 Å². The summed E-state index contributed by atoms with van der Waals surface area (Å²) in [6, 6.07) is 13.1. The van der Waals surface area contributed by atoms with Gasteiger partial charge in [-0.25, -0.2) is 8.42 Å². The van der Waals surface area contributed by atoms with Crippen LogP contribution < -0.4 is 14.8 Å². The number of ether oxygens (including phenoxy) is 3. The van der Waals surface area contributed by atoms with Gasteiger partial charge in [-0.3, -0.25) is 4.79 Å². The van der Waals surface area contributed by atoms with Gasteiger partial charge in [-0.15, -0.1) is 0 Å². The normalized spacial score (nSPS) is 11.4. The number of methoxy groups -OCH3 is 1. The summed E-state index contributed by atoms with van der Waals surface area (Å²) in [6.45, 7) is 5.12. The second-order valence-corrected chi connectivity index (χ2v) is 8.54. The SMILES string of the molecule is CCCN(CC(=O)Nc1ccccc1OC)S(=O)(=O)c1ccc(OCCOCC)cc1. The minimum Gasteiger partial charge on any atom is -0.495 e. The lowest BCUT2D eigenvalue weighted by atomic mass is 10.3. The number of nitrogens with one attached hydrogen (secondary N) is 1. The zero-order valence-electron chi connectivity index (χ0n) is 18.2. The zero-order chi connectivity index (χ0) is 22.7. The fraction of sp³-hybridized carbons (Fsp3) is 0.409. The number of anilines is 1. The van der Waals surface area contributed by atoms with E-state index in [4.69, 9.17) is 14.2 Å². The van der Waals surface area contributed by atoms with Gasteiger partial charge in [0.05, 0.1) is 30.8 Å². The molecule has 0 aliphatic carbocycles. The molecule has 0 spiro atoms. The molecule has 0 heterocycles. The summed E-state index contributed by atoms with van der Waals surface area (Å²) in [5, 5.41) is 2.71. The van der Waals surface area contributed by atoms with Crippen molar-refractivity contribution in [3.63, 3.8) is 0 Å². The van der Waals surface area contributed by atoms with Gasteiger partial charge in [0, 0.05) is 13.2 Å². The van der Waals surface area contributed by atoms with Crippen LogP contribution in [0.25, 0.3) is 0 Å². The van der Waals surface area contributed by atoms with Crippen LogP contribution >= 0.6 is 0 Å². The Hall–Kier alpha value is -2.62. The van der Waals surface area contributed by atoms with Gasteiger partial charge in [0.25, 0.3) is 0 Å². The quantitative estimate of drug-likeness (QED) is 0.471. The Morgan fingerprint density at radius 3 is 2.39 bits per heavy atom. The van der Waals surface area contributed by atoms with E-state index in [1.807, 2.05) is 13.8 Å². The Bertz CT molecular complexity index is 931. The summed E-state index contributed by atoms with van der Waals surface area (Å²) in [7, 11) is -2.35. The number of para-hydroxylation sites is 2. The summed E-state index contributed by atoms with van der Waals surface area (Å²) in [6.07, 6.45) is 0.569. The molecule has 0 aliphatic rings. The number of nitrogens with zero attached hydrogens (tertiary/aromatic N) is 1. The van der Waals surface area contributed by atoms with Crippen LogP contribution in [0.4, 0.5) is 5.69 Å². The third-order valence-corrected chi connectivity index (χ3v) is 6.20. The van der Waals surface area contributed by atoms with Crippen LogP contribution in [0.5, 0.6) is 11.5 Å². The second kappa shape index (κ2) is 12.3. The first-order chi connectivity index (χ1) is 14.9. The molecule has 2 aromatic rings. The summed E-state index contributed by atoms with van der Waals surface area (Å²) in [4.78, 5) is 12.7. The predicted molar refractivity (Wildman–Crippen MR) is 119 cm³/mol. The van der Waals surface area contributed by atoms with Gasteiger partial charge < -0.3 is 19.5 Å². The molecule has 0 radical (unpaired) electrons. The monoisotopic (exact) mass is 450 g/mol. The average molecular weight is 451 g/mol. The highest BCUT2D eigenvalue weighted by Crippen LogP contribution is 2.24. The molecule has 2 aromatic carbocycles. The smallest absolute Gasteiger partial charge is 0.243 e. The number of carbonyl (C=O) groups is 1. The Balaban J connectivity index is 2.08. The lowest BCUT2D eigenvalue weighted by molar-refractivity contribution is -0.116. The molecule has 1 N–H and O–H groups in total. The number of sulfonamides is 1. The van der Waals surface area contributed by atoms with Gasteiger partial charge in [-0.05, 0) is 49.7 Å². The molecule has 0 bridgehead atoms. The Morgan fingerprint density at radius 1 is 1.03 bits per heavy atom. The van der Waals surface area contributed by atoms with Gasteiger partial charge in [-0.2, -0.15) is 4.31 Å². The van der Waals surface area contributed by atoms with E-state index in [-0.39, 0.29) is 18.0 Å². The highest BCUT2D eigenvalue weighted by atomic mass is 32.2. The van der Waals surface area contributed by atoms with E-state index in [0.29, 0.717) is 43.4 Å². The molecule has 0 atom stereocenters. The number of hydrogen-bond acceptors (Lipinski definition) is 6. The number of carbonyl (C=O) groups excluding carboxylic acids is 1. The van der Waals surface area contributed by atoms with Gasteiger partial charge >= 0.3 is 0 Å². The Labute approximate surface area is 184 Å². The van der Waals surface area contributed by atoms with Crippen LogP contribution in [0.1, 0.15) is 20.3 Å². The molecule has 0 fully saturated rings. The predicted octanol–water partition coefficient (Wildman–Crippen LogP) is 3.15. The van der Waals surface area contributed by atoms with Crippen LogP contribution in [0.15, 0.2) is 53.4 Å². The van der Waals surface area contributed by atoms with Crippen LogP contribution in [0, 0.1) is 0 Å². The summed E-state index contributed by atoms with van der Waals surface area (Å²) in [5.74, 6) is 0.604. The van der Waals surface area contributed by atoms with Crippen molar-refractivity contribution in [2.75, 3.05) is 45.3 Å². The third kappa shape index (κ3) is 7.23. The van der Waals surface area contributed by atoms with E-state index in [1.165, 1.54) is 23.5 Å². The molecule has 170 valence electrons. The van der Waals surface area contributed by atoms with E-state index < -0.39 is 15.9 Å². The molecule has 0 unspecified atom stereocenters. The number of amides is 1. The van der Waals surface area contributed by atoms with Crippen LogP contribution in [-0.4, -0.2) is 58.7 Å². The van der Waals surface area contributed by atoms with Crippen molar-refractivity contribution in [1.82, 2.24) is 4.31 Å². The first-order valence-electron chi connectivity index (χ1n) is 10.2. The van der Waals surface area contributed by atoms with Crippen molar-refractivity contribution in [3.05, 3.63) is 48.5 Å². The molecule has 0 saturated heterocycles. The van der Waals surface area contributed by atoms with Crippen LogP contribution in [0.2, 0.25) is 0 Å². The molecular weight excluding hydrogens is 420 g/mol. The van der Waals surface area contributed by atoms with Crippen LogP contribution in [-0.2, 0) is 19.6 Å². The third-order valence-electron chi connectivity index (χ3n) is 4.34. The van der Waals surface area contributed by atoms with Gasteiger partial charge in [0.2, 0.25) is 15.9 Å². The first-order valence-corrected chi connectivity index (χ1v) is 11.6. The number of rotatable bonds is 13. The molecule has 31 heavy (non-hydrogen) atoms. The topological polar surface area (TPSA) is 94.2 Å². The molecule has 1 amide bonds. The molecule has 9 heteroatoms. The van der Waals surface area contributed by atoms with Crippen molar-refractivity contribution in [2.24, 2.45) is 0 Å². The average Bonchev–Trinajstić information content (AvgIpc) is 2.77. The second-order valence-electron chi connectivity index (χ2n) is 6.60. The van der Waals surface area contributed by atoms with Crippen molar-refractivity contribution in [2.45, 2.75) is 25.2 Å². The van der Waals surface area contributed by atoms with Crippen molar-refractivity contribution >= 4 is 21.6 Å². The lowest BCUT2D eigenvalue weighted by Gasteiger charge is -2.21. The highest BCUT2D eigenvalue weighted by Gasteiger charge is 2.26. The lowest BCUT2D eigenvalue weighted by Crippen LogP contribution is -2.38. The van der Waals surface area contributed by atoms with Gasteiger partial charge in [-0.1, -0.05) is 19.1 Å². The minimum atomic E-state index is -3.85. The number of benzene rings is 2. The largest absolute Gasteiger partial charge is 0.495 e. The van der Waals surface area contributed by atoms with Gasteiger partial charge in [0.15, 0.2) is 0 Å². The highest BCUT2D eigenvalue weighted by molar-refractivity contribution is 7.89. The maximum absolute atomic E-state index is 13.1. The maximum atomic E-state index is 13.1. The first kappa shape index (κ1) is 24.6. The Morgan fingerprint density at radius 2 is 1.74 bits per heavy atom. The maximum Gasteiger partial charge on any atom is 0.243 e. The fourth-order valence-corrected chi connectivity index (χ4v) is 4.34. The van der Waals surface area contributed by atoms with E-state index in [0.717, 1.165) is 0 Å². The number of hydrogen-bond donors (Lipinski definition) is 1. The standard InChI is InChI=1S/C22H30N2O6S/c1-4-14-24(17-22(25)23-20-8-6-7-9-21(20)28-3)31(26,27)19-12-10-18(11-13-19)30-16-15-29-5-2/h6-13H,4-5,14-17H2,1-3H3,(H,23,25). The minimum absolute atomic E-state index is 0.100. The summed E-state index contributed by atoms with van der Waals surface area (Å²) in [5.41, 5.74) is 0.484. The van der Waals surface area contributed by atoms with E-state index in [9.17, 15) is 13.2 Å². The Kier molecular flexibility index (Phi) is 9.77. The van der Waals surface area contributed by atoms with Crippen molar-refractivity contribution in [3.8, 4) is 11.5 Å². The molecule has 0 saturated carbocycles. The molecule has 0 aromatic heterocycles. The molecule has 2 rings (SSSR count). The van der Waals surface area contributed by atoms with Gasteiger partial charge in [0.1, 0.15) is 18.1 Å². The summed E-state index contributed by atoms with van der Waals surface area (Å²) < 4.78 is 43.3. The summed E-state index contributed by atoms with van der Waals surface area (Å²) >= 11 is 0.